The highest BCUT2D eigenvalue weighted by molar-refractivity contribution is 5.39. The quantitative estimate of drug-likeness (QED) is 0.900. The van der Waals surface area contributed by atoms with Crippen LogP contribution in [0.3, 0.4) is 0 Å². The molecule has 1 N–H and O–H groups in total. The van der Waals surface area contributed by atoms with Crippen molar-refractivity contribution in [2.75, 3.05) is 13.2 Å². The van der Waals surface area contributed by atoms with Gasteiger partial charge in [-0.15, -0.1) is 13.2 Å². The molecule has 20 heavy (non-hydrogen) atoms. The predicted molar refractivity (Wildman–Crippen MR) is 68.9 cm³/mol. The Bertz CT molecular complexity index is 417. The zero-order valence-corrected chi connectivity index (χ0v) is 11.1. The van der Waals surface area contributed by atoms with Crippen LogP contribution >= 0.6 is 0 Å². The molecule has 0 bridgehead atoms. The number of hydrogen-bond donors (Lipinski definition) is 1. The van der Waals surface area contributed by atoms with Crippen LogP contribution in [0.2, 0.25) is 0 Å². The largest absolute Gasteiger partial charge is 0.573 e. The summed E-state index contributed by atoms with van der Waals surface area (Å²) in [6.45, 7) is 1.37. The van der Waals surface area contributed by atoms with Crippen molar-refractivity contribution in [3.63, 3.8) is 0 Å². The fourth-order valence-electron chi connectivity index (χ4n) is 2.26. The Labute approximate surface area is 116 Å². The molecule has 0 amide bonds. The van der Waals surface area contributed by atoms with Crippen molar-refractivity contribution in [2.24, 2.45) is 0 Å². The van der Waals surface area contributed by atoms with E-state index in [1.165, 1.54) is 31.0 Å². The van der Waals surface area contributed by atoms with Crippen LogP contribution in [0.25, 0.3) is 0 Å². The van der Waals surface area contributed by atoms with Gasteiger partial charge in [-0.2, -0.15) is 0 Å². The number of ether oxygens (including phenoxy) is 2. The first-order chi connectivity index (χ1) is 9.54. The molecule has 1 unspecified atom stereocenters. The topological polar surface area (TPSA) is 30.5 Å². The van der Waals surface area contributed by atoms with Crippen molar-refractivity contribution in [3.8, 4) is 11.5 Å². The van der Waals surface area contributed by atoms with Crippen LogP contribution in [0.4, 0.5) is 13.2 Å². The minimum atomic E-state index is -4.70. The summed E-state index contributed by atoms with van der Waals surface area (Å²) in [5.74, 6) is -0.169. The molecular formula is C14H18F3NO2. The standard InChI is InChI=1S/C14H18F3NO2/c15-14(16,17)20-13-7-2-1-6-12(13)19-10-8-11-5-3-4-9-18-11/h1-2,6-7,11,18H,3-5,8-10H2. The van der Waals surface area contributed by atoms with E-state index in [-0.39, 0.29) is 11.5 Å². The molecule has 2 rings (SSSR count). The Morgan fingerprint density at radius 2 is 1.90 bits per heavy atom. The smallest absolute Gasteiger partial charge is 0.490 e. The zero-order chi connectivity index (χ0) is 14.4. The lowest BCUT2D eigenvalue weighted by atomic mass is 10.0. The Hall–Kier alpha value is -1.43. The maximum Gasteiger partial charge on any atom is 0.573 e. The van der Waals surface area contributed by atoms with Gasteiger partial charge in [0.25, 0.3) is 0 Å². The number of alkyl halides is 3. The molecule has 3 nitrogen and oxygen atoms in total. The third-order valence-corrected chi connectivity index (χ3v) is 3.21. The number of hydrogen-bond acceptors (Lipinski definition) is 3. The van der Waals surface area contributed by atoms with Gasteiger partial charge in [0.15, 0.2) is 11.5 Å². The van der Waals surface area contributed by atoms with Crippen molar-refractivity contribution in [1.82, 2.24) is 5.32 Å². The molecule has 6 heteroatoms. The van der Waals surface area contributed by atoms with Crippen molar-refractivity contribution in [2.45, 2.75) is 38.1 Å². The van der Waals surface area contributed by atoms with Gasteiger partial charge in [0.05, 0.1) is 6.61 Å². The first-order valence-corrected chi connectivity index (χ1v) is 6.75. The Kier molecular flexibility index (Phi) is 5.11. The van der Waals surface area contributed by atoms with Gasteiger partial charge in [0, 0.05) is 6.04 Å². The molecule has 1 heterocycles. The van der Waals surface area contributed by atoms with Crippen molar-refractivity contribution < 1.29 is 22.6 Å². The highest BCUT2D eigenvalue weighted by atomic mass is 19.4. The van der Waals surface area contributed by atoms with E-state index >= 15 is 0 Å². The molecule has 1 aromatic rings. The number of halogens is 3. The van der Waals surface area contributed by atoms with E-state index in [2.05, 4.69) is 10.1 Å². The van der Waals surface area contributed by atoms with E-state index in [1.807, 2.05) is 0 Å². The van der Waals surface area contributed by atoms with E-state index < -0.39 is 6.36 Å². The lowest BCUT2D eigenvalue weighted by Gasteiger charge is -2.23. The van der Waals surface area contributed by atoms with Crippen LogP contribution in [0, 0.1) is 0 Å². The summed E-state index contributed by atoms with van der Waals surface area (Å²) in [5, 5.41) is 3.37. The lowest BCUT2D eigenvalue weighted by Crippen LogP contribution is -2.35. The molecule has 1 aliphatic heterocycles. The molecule has 1 fully saturated rings. The van der Waals surface area contributed by atoms with Gasteiger partial charge in [-0.05, 0) is 37.9 Å². The van der Waals surface area contributed by atoms with Gasteiger partial charge in [0.2, 0.25) is 0 Å². The Morgan fingerprint density at radius 1 is 1.15 bits per heavy atom. The minimum absolute atomic E-state index is 0.126. The molecule has 1 saturated heterocycles. The van der Waals surface area contributed by atoms with Crippen LogP contribution in [-0.2, 0) is 0 Å². The van der Waals surface area contributed by atoms with Gasteiger partial charge >= 0.3 is 6.36 Å². The molecule has 0 radical (unpaired) electrons. The average Bonchev–Trinajstić information content (AvgIpc) is 2.40. The predicted octanol–water partition coefficient (Wildman–Crippen LogP) is 3.50. The summed E-state index contributed by atoms with van der Waals surface area (Å²) in [7, 11) is 0. The number of piperidine rings is 1. The lowest BCUT2D eigenvalue weighted by molar-refractivity contribution is -0.275. The normalized spacial score (nSPS) is 19.6. The second-order valence-corrected chi connectivity index (χ2v) is 4.78. The molecule has 1 aliphatic rings. The number of benzene rings is 1. The summed E-state index contributed by atoms with van der Waals surface area (Å²) in [4.78, 5) is 0. The first kappa shape index (κ1) is 15.0. The van der Waals surface area contributed by atoms with Crippen molar-refractivity contribution in [3.05, 3.63) is 24.3 Å². The monoisotopic (exact) mass is 289 g/mol. The van der Waals surface area contributed by atoms with Gasteiger partial charge in [-0.3, -0.25) is 0 Å². The maximum absolute atomic E-state index is 12.2. The molecule has 1 aromatic carbocycles. The van der Waals surface area contributed by atoms with Gasteiger partial charge in [-0.1, -0.05) is 18.6 Å². The van der Waals surface area contributed by atoms with Crippen LogP contribution in [0.15, 0.2) is 24.3 Å². The van der Waals surface area contributed by atoms with E-state index in [0.29, 0.717) is 12.6 Å². The second kappa shape index (κ2) is 6.83. The fraction of sp³-hybridized carbons (Fsp3) is 0.571. The molecule has 0 spiro atoms. The fourth-order valence-corrected chi connectivity index (χ4v) is 2.26. The SMILES string of the molecule is FC(F)(F)Oc1ccccc1OCCC1CCCCN1. The number of nitrogens with one attached hydrogen (secondary N) is 1. The number of rotatable bonds is 5. The Balaban J connectivity index is 1.85. The third-order valence-electron chi connectivity index (χ3n) is 3.21. The summed E-state index contributed by atoms with van der Waals surface area (Å²) in [5.41, 5.74) is 0. The molecule has 112 valence electrons. The van der Waals surface area contributed by atoms with Crippen LogP contribution in [0.5, 0.6) is 11.5 Å². The average molecular weight is 289 g/mol. The van der Waals surface area contributed by atoms with Crippen LogP contribution < -0.4 is 14.8 Å². The minimum Gasteiger partial charge on any atom is -0.490 e. The molecule has 0 saturated carbocycles. The summed E-state index contributed by atoms with van der Waals surface area (Å²) < 4.78 is 46.1. The van der Waals surface area contributed by atoms with Crippen LogP contribution in [0.1, 0.15) is 25.7 Å². The van der Waals surface area contributed by atoms with Crippen LogP contribution in [-0.4, -0.2) is 25.6 Å². The number of para-hydroxylation sites is 2. The zero-order valence-electron chi connectivity index (χ0n) is 11.1. The Morgan fingerprint density at radius 3 is 2.55 bits per heavy atom. The van der Waals surface area contributed by atoms with Crippen molar-refractivity contribution >= 4 is 0 Å². The molecule has 0 aliphatic carbocycles. The second-order valence-electron chi connectivity index (χ2n) is 4.78. The van der Waals surface area contributed by atoms with Gasteiger partial charge in [-0.25, -0.2) is 0 Å². The highest BCUT2D eigenvalue weighted by Crippen LogP contribution is 2.31. The van der Waals surface area contributed by atoms with E-state index in [0.717, 1.165) is 19.4 Å². The molecular weight excluding hydrogens is 271 g/mol. The van der Waals surface area contributed by atoms with E-state index in [4.69, 9.17) is 4.74 Å². The van der Waals surface area contributed by atoms with E-state index in [1.54, 1.807) is 6.07 Å². The summed E-state index contributed by atoms with van der Waals surface area (Å²) in [6, 6.07) is 6.23. The van der Waals surface area contributed by atoms with E-state index in [9.17, 15) is 13.2 Å². The van der Waals surface area contributed by atoms with Crippen molar-refractivity contribution in [1.29, 1.82) is 0 Å². The van der Waals surface area contributed by atoms with Gasteiger partial charge < -0.3 is 14.8 Å². The van der Waals surface area contributed by atoms with Gasteiger partial charge in [0.1, 0.15) is 0 Å². The highest BCUT2D eigenvalue weighted by Gasteiger charge is 2.32. The summed E-state index contributed by atoms with van der Waals surface area (Å²) in [6.07, 6.45) is -0.472. The summed E-state index contributed by atoms with van der Waals surface area (Å²) >= 11 is 0. The first-order valence-electron chi connectivity index (χ1n) is 6.75. The maximum atomic E-state index is 12.2. The molecule has 1 atom stereocenters. The molecule has 0 aromatic heterocycles. The third kappa shape index (κ3) is 4.92.